The van der Waals surface area contributed by atoms with Crippen LogP contribution in [0.3, 0.4) is 0 Å². The second-order valence-corrected chi connectivity index (χ2v) is 5.48. The van der Waals surface area contributed by atoms with Gasteiger partial charge in [0.25, 0.3) is 0 Å². The van der Waals surface area contributed by atoms with E-state index in [-0.39, 0.29) is 0 Å². The van der Waals surface area contributed by atoms with E-state index in [4.69, 9.17) is 9.47 Å². The standard InChI is InChI=1S/C18H16N6O2/c1-25-15-8-7-12(9-16(15)26-2)10-19-21-17-13-5-3-4-6-14(13)18-22-20-11-24(18)23-17/h3-11H,1-2H3,(H,21,23)/b19-10-. The first-order valence-corrected chi connectivity index (χ1v) is 7.90. The van der Waals surface area contributed by atoms with Gasteiger partial charge in [-0.05, 0) is 23.8 Å². The third kappa shape index (κ3) is 2.77. The Morgan fingerprint density at radius 3 is 2.65 bits per heavy atom. The molecule has 2 aromatic carbocycles. The lowest BCUT2D eigenvalue weighted by Gasteiger charge is -2.08. The third-order valence-corrected chi connectivity index (χ3v) is 3.95. The van der Waals surface area contributed by atoms with Crippen molar-refractivity contribution in [3.8, 4) is 11.5 Å². The molecule has 8 nitrogen and oxygen atoms in total. The second kappa shape index (κ2) is 6.67. The molecule has 0 amide bonds. The molecule has 0 spiro atoms. The van der Waals surface area contributed by atoms with Crippen molar-refractivity contribution >= 4 is 28.5 Å². The number of nitrogens with one attached hydrogen (secondary N) is 1. The van der Waals surface area contributed by atoms with E-state index in [1.165, 1.54) is 0 Å². The fourth-order valence-electron chi connectivity index (χ4n) is 2.71. The third-order valence-electron chi connectivity index (χ3n) is 3.95. The maximum Gasteiger partial charge on any atom is 0.185 e. The quantitative estimate of drug-likeness (QED) is 0.441. The molecule has 0 radical (unpaired) electrons. The number of benzene rings is 2. The van der Waals surface area contributed by atoms with Crippen molar-refractivity contribution < 1.29 is 9.47 Å². The first kappa shape index (κ1) is 15.8. The molecule has 4 rings (SSSR count). The molecule has 0 atom stereocenters. The van der Waals surface area contributed by atoms with Crippen molar-refractivity contribution in [1.82, 2.24) is 19.8 Å². The number of hydrogen-bond acceptors (Lipinski definition) is 7. The lowest BCUT2D eigenvalue weighted by molar-refractivity contribution is 0.355. The van der Waals surface area contributed by atoms with E-state index < -0.39 is 0 Å². The van der Waals surface area contributed by atoms with Crippen molar-refractivity contribution in [2.24, 2.45) is 5.10 Å². The first-order valence-electron chi connectivity index (χ1n) is 7.90. The molecule has 0 saturated heterocycles. The number of fused-ring (bicyclic) bond motifs is 3. The fourth-order valence-corrected chi connectivity index (χ4v) is 2.71. The van der Waals surface area contributed by atoms with Crippen LogP contribution in [0, 0.1) is 0 Å². The van der Waals surface area contributed by atoms with Gasteiger partial charge in [-0.15, -0.1) is 15.3 Å². The van der Waals surface area contributed by atoms with Crippen LogP contribution < -0.4 is 14.9 Å². The maximum absolute atomic E-state index is 5.30. The van der Waals surface area contributed by atoms with E-state index in [1.807, 2.05) is 42.5 Å². The average Bonchev–Trinajstić information content (AvgIpc) is 3.16. The van der Waals surface area contributed by atoms with Gasteiger partial charge in [-0.3, -0.25) is 5.43 Å². The Hall–Kier alpha value is -3.68. The fraction of sp³-hybridized carbons (Fsp3) is 0.111. The molecule has 0 unspecified atom stereocenters. The number of rotatable bonds is 5. The molecular weight excluding hydrogens is 332 g/mol. The molecule has 2 heterocycles. The zero-order chi connectivity index (χ0) is 17.9. The van der Waals surface area contributed by atoms with Gasteiger partial charge in [-0.25, -0.2) is 0 Å². The van der Waals surface area contributed by atoms with Gasteiger partial charge in [-0.2, -0.15) is 9.62 Å². The van der Waals surface area contributed by atoms with Crippen LogP contribution in [-0.2, 0) is 0 Å². The highest BCUT2D eigenvalue weighted by Crippen LogP contribution is 2.27. The minimum Gasteiger partial charge on any atom is -0.493 e. The number of anilines is 1. The molecule has 0 aliphatic rings. The SMILES string of the molecule is COc1ccc(/C=N\Nc2nn3cnnc3c3ccccc23)cc1OC. The number of ether oxygens (including phenoxy) is 2. The van der Waals surface area contributed by atoms with Gasteiger partial charge in [0.2, 0.25) is 0 Å². The van der Waals surface area contributed by atoms with Gasteiger partial charge in [0.05, 0.1) is 20.4 Å². The number of aromatic nitrogens is 4. The summed E-state index contributed by atoms with van der Waals surface area (Å²) < 4.78 is 12.2. The molecule has 0 fully saturated rings. The van der Waals surface area contributed by atoms with E-state index in [9.17, 15) is 0 Å². The molecule has 8 heteroatoms. The van der Waals surface area contributed by atoms with Crippen LogP contribution in [0.1, 0.15) is 5.56 Å². The molecule has 0 bridgehead atoms. The summed E-state index contributed by atoms with van der Waals surface area (Å²) in [5.41, 5.74) is 4.56. The highest BCUT2D eigenvalue weighted by atomic mass is 16.5. The summed E-state index contributed by atoms with van der Waals surface area (Å²) in [6.45, 7) is 0. The van der Waals surface area contributed by atoms with Crippen LogP contribution in [0.4, 0.5) is 5.82 Å². The monoisotopic (exact) mass is 348 g/mol. The van der Waals surface area contributed by atoms with Crippen LogP contribution in [0.15, 0.2) is 53.9 Å². The van der Waals surface area contributed by atoms with Crippen molar-refractivity contribution in [2.45, 2.75) is 0 Å². The van der Waals surface area contributed by atoms with Crippen LogP contribution in [0.25, 0.3) is 16.4 Å². The molecule has 0 aliphatic carbocycles. The summed E-state index contributed by atoms with van der Waals surface area (Å²) in [6, 6.07) is 13.4. The molecule has 1 N–H and O–H groups in total. The van der Waals surface area contributed by atoms with Crippen LogP contribution in [-0.4, -0.2) is 40.2 Å². The molecule has 0 aliphatic heterocycles. The van der Waals surface area contributed by atoms with E-state index in [0.717, 1.165) is 16.3 Å². The molecule has 4 aromatic rings. The average molecular weight is 348 g/mol. The summed E-state index contributed by atoms with van der Waals surface area (Å²) in [7, 11) is 3.20. The topological polar surface area (TPSA) is 85.9 Å². The highest BCUT2D eigenvalue weighted by Gasteiger charge is 2.09. The zero-order valence-electron chi connectivity index (χ0n) is 14.2. The van der Waals surface area contributed by atoms with Crippen LogP contribution in [0.5, 0.6) is 11.5 Å². The largest absolute Gasteiger partial charge is 0.493 e. The number of nitrogens with zero attached hydrogens (tertiary/aromatic N) is 5. The van der Waals surface area contributed by atoms with E-state index in [0.29, 0.717) is 23.0 Å². The van der Waals surface area contributed by atoms with E-state index in [1.54, 1.807) is 31.3 Å². The summed E-state index contributed by atoms with van der Waals surface area (Å²) in [5.74, 6) is 1.93. The van der Waals surface area contributed by atoms with Crippen molar-refractivity contribution in [3.05, 3.63) is 54.4 Å². The highest BCUT2D eigenvalue weighted by molar-refractivity contribution is 5.99. The number of hydrazone groups is 1. The van der Waals surface area contributed by atoms with E-state index in [2.05, 4.69) is 25.8 Å². The molecule has 26 heavy (non-hydrogen) atoms. The predicted octanol–water partition coefficient (Wildman–Crippen LogP) is 2.74. The lowest BCUT2D eigenvalue weighted by Crippen LogP contribution is -2.00. The summed E-state index contributed by atoms with van der Waals surface area (Å²) in [4.78, 5) is 0. The van der Waals surface area contributed by atoms with Crippen LogP contribution >= 0.6 is 0 Å². The minimum absolute atomic E-state index is 0.615. The first-order chi connectivity index (χ1) is 12.8. The zero-order valence-corrected chi connectivity index (χ0v) is 14.2. The Balaban J connectivity index is 1.66. The van der Waals surface area contributed by atoms with Gasteiger partial charge in [0.1, 0.15) is 6.33 Å². The lowest BCUT2D eigenvalue weighted by atomic mass is 10.2. The molecule has 2 aromatic heterocycles. The second-order valence-electron chi connectivity index (χ2n) is 5.48. The van der Waals surface area contributed by atoms with Crippen molar-refractivity contribution in [1.29, 1.82) is 0 Å². The number of methoxy groups -OCH3 is 2. The molecular formula is C18H16N6O2. The Labute approximate surface area is 149 Å². The number of hydrogen-bond donors (Lipinski definition) is 1. The Morgan fingerprint density at radius 2 is 1.85 bits per heavy atom. The Morgan fingerprint density at radius 1 is 1.04 bits per heavy atom. The van der Waals surface area contributed by atoms with Crippen molar-refractivity contribution in [2.75, 3.05) is 19.6 Å². The summed E-state index contributed by atoms with van der Waals surface area (Å²) in [6.07, 6.45) is 3.25. The molecule has 0 saturated carbocycles. The smallest absolute Gasteiger partial charge is 0.185 e. The van der Waals surface area contributed by atoms with Gasteiger partial charge >= 0.3 is 0 Å². The molecule has 130 valence electrons. The van der Waals surface area contributed by atoms with Gasteiger partial charge in [-0.1, -0.05) is 24.3 Å². The maximum atomic E-state index is 5.30. The van der Waals surface area contributed by atoms with Gasteiger partial charge in [0.15, 0.2) is 23.0 Å². The summed E-state index contributed by atoms with van der Waals surface area (Å²) >= 11 is 0. The van der Waals surface area contributed by atoms with Gasteiger partial charge in [0, 0.05) is 10.8 Å². The Bertz CT molecular complexity index is 1110. The van der Waals surface area contributed by atoms with E-state index >= 15 is 0 Å². The van der Waals surface area contributed by atoms with Gasteiger partial charge < -0.3 is 9.47 Å². The summed E-state index contributed by atoms with van der Waals surface area (Å²) in [5, 5.41) is 18.7. The Kier molecular flexibility index (Phi) is 4.06. The normalized spacial score (nSPS) is 11.3. The minimum atomic E-state index is 0.615. The predicted molar refractivity (Wildman–Crippen MR) is 99.1 cm³/mol. The van der Waals surface area contributed by atoms with Crippen LogP contribution in [0.2, 0.25) is 0 Å². The van der Waals surface area contributed by atoms with Crippen molar-refractivity contribution in [3.63, 3.8) is 0 Å².